The predicted octanol–water partition coefficient (Wildman–Crippen LogP) is 1.92. The van der Waals surface area contributed by atoms with Crippen LogP contribution < -0.4 is 0 Å². The van der Waals surface area contributed by atoms with Crippen LogP contribution in [0.5, 0.6) is 0 Å². The molecule has 0 amide bonds. The molecule has 1 aliphatic heterocycles. The van der Waals surface area contributed by atoms with Crippen LogP contribution in [0, 0.1) is 11.7 Å². The van der Waals surface area contributed by atoms with Gasteiger partial charge in [-0.05, 0) is 64.5 Å². The van der Waals surface area contributed by atoms with E-state index in [0.717, 1.165) is 25.2 Å². The van der Waals surface area contributed by atoms with Gasteiger partial charge in [0.15, 0.2) is 0 Å². The van der Waals surface area contributed by atoms with Crippen LogP contribution in [0.25, 0.3) is 0 Å². The monoisotopic (exact) mass is 295 g/mol. The zero-order valence-corrected chi connectivity index (χ0v) is 13.0. The number of aliphatic hydroxyl groups excluding tert-OH is 1. The Kier molecular flexibility index (Phi) is 6.08. The van der Waals surface area contributed by atoms with Crippen LogP contribution in [0.4, 0.5) is 4.39 Å². The van der Waals surface area contributed by atoms with E-state index in [4.69, 9.17) is 0 Å². The molecule has 1 N–H and O–H groups in total. The maximum atomic E-state index is 12.8. The zero-order valence-electron chi connectivity index (χ0n) is 13.0. The van der Waals surface area contributed by atoms with Crippen molar-refractivity contribution in [1.82, 2.24) is 14.8 Å². The average Bonchev–Trinajstić information content (AvgIpc) is 2.48. The SMILES string of the molecule is CN1CCC(CN(C)CCC(O)c2ccc(F)cn2)CC1. The molecule has 0 saturated carbocycles. The molecule has 1 aromatic heterocycles. The van der Waals surface area contributed by atoms with E-state index in [9.17, 15) is 9.50 Å². The van der Waals surface area contributed by atoms with E-state index in [1.807, 2.05) is 0 Å². The first-order valence-electron chi connectivity index (χ1n) is 7.71. The maximum Gasteiger partial charge on any atom is 0.141 e. The minimum Gasteiger partial charge on any atom is -0.387 e. The minimum atomic E-state index is -0.620. The van der Waals surface area contributed by atoms with Crippen LogP contribution >= 0.6 is 0 Å². The molecule has 1 atom stereocenters. The highest BCUT2D eigenvalue weighted by Crippen LogP contribution is 2.18. The summed E-state index contributed by atoms with van der Waals surface area (Å²) in [5, 5.41) is 10.1. The van der Waals surface area contributed by atoms with Gasteiger partial charge in [0.1, 0.15) is 5.82 Å². The first kappa shape index (κ1) is 16.3. The fraction of sp³-hybridized carbons (Fsp3) is 0.688. The van der Waals surface area contributed by atoms with Gasteiger partial charge in [-0.1, -0.05) is 0 Å². The topological polar surface area (TPSA) is 39.6 Å². The largest absolute Gasteiger partial charge is 0.387 e. The molecule has 1 unspecified atom stereocenters. The van der Waals surface area contributed by atoms with Gasteiger partial charge < -0.3 is 14.9 Å². The molecule has 0 radical (unpaired) electrons. The lowest BCUT2D eigenvalue weighted by atomic mass is 9.96. The van der Waals surface area contributed by atoms with E-state index in [2.05, 4.69) is 28.9 Å². The number of pyridine rings is 1. The number of rotatable bonds is 6. The molecule has 2 rings (SSSR count). The fourth-order valence-corrected chi connectivity index (χ4v) is 2.85. The Hall–Kier alpha value is -1.04. The fourth-order valence-electron chi connectivity index (χ4n) is 2.85. The number of hydrogen-bond acceptors (Lipinski definition) is 4. The molecule has 0 bridgehead atoms. The highest BCUT2D eigenvalue weighted by molar-refractivity contribution is 5.07. The summed E-state index contributed by atoms with van der Waals surface area (Å²) in [6, 6.07) is 2.89. The molecule has 1 saturated heterocycles. The van der Waals surface area contributed by atoms with Crippen molar-refractivity contribution in [2.24, 2.45) is 5.92 Å². The smallest absolute Gasteiger partial charge is 0.141 e. The molecule has 21 heavy (non-hydrogen) atoms. The van der Waals surface area contributed by atoms with Crippen LogP contribution in [0.3, 0.4) is 0 Å². The van der Waals surface area contributed by atoms with Crippen LogP contribution in [-0.4, -0.2) is 60.2 Å². The summed E-state index contributed by atoms with van der Waals surface area (Å²) in [6.45, 7) is 4.27. The lowest BCUT2D eigenvalue weighted by Gasteiger charge is -2.31. The minimum absolute atomic E-state index is 0.370. The Morgan fingerprint density at radius 2 is 2.14 bits per heavy atom. The second-order valence-electron chi connectivity index (χ2n) is 6.21. The average molecular weight is 295 g/mol. The number of hydrogen-bond donors (Lipinski definition) is 1. The van der Waals surface area contributed by atoms with Crippen LogP contribution in [0.2, 0.25) is 0 Å². The Labute approximate surface area is 126 Å². The predicted molar refractivity (Wildman–Crippen MR) is 81.5 cm³/mol. The quantitative estimate of drug-likeness (QED) is 0.870. The molecule has 0 spiro atoms. The third-order valence-corrected chi connectivity index (χ3v) is 4.28. The van der Waals surface area contributed by atoms with Gasteiger partial charge in [0.2, 0.25) is 0 Å². The third-order valence-electron chi connectivity index (χ3n) is 4.28. The second kappa shape index (κ2) is 7.82. The number of aliphatic hydroxyl groups is 1. The van der Waals surface area contributed by atoms with Crippen molar-refractivity contribution in [3.05, 3.63) is 29.8 Å². The standard InChI is InChI=1S/C16H26FN3O/c1-19-8-5-13(6-9-19)12-20(2)10-7-16(21)15-4-3-14(17)11-18-15/h3-4,11,13,16,21H,5-10,12H2,1-2H3. The van der Waals surface area contributed by atoms with E-state index in [0.29, 0.717) is 12.1 Å². The van der Waals surface area contributed by atoms with Crippen molar-refractivity contribution in [3.8, 4) is 0 Å². The van der Waals surface area contributed by atoms with Gasteiger partial charge in [0.05, 0.1) is 18.0 Å². The van der Waals surface area contributed by atoms with Gasteiger partial charge in [0, 0.05) is 13.1 Å². The molecule has 1 aliphatic rings. The molecule has 2 heterocycles. The highest BCUT2D eigenvalue weighted by atomic mass is 19.1. The van der Waals surface area contributed by atoms with E-state index in [1.54, 1.807) is 6.07 Å². The number of aromatic nitrogens is 1. The summed E-state index contributed by atoms with van der Waals surface area (Å²) in [5.41, 5.74) is 0.545. The summed E-state index contributed by atoms with van der Waals surface area (Å²) >= 11 is 0. The van der Waals surface area contributed by atoms with Crippen molar-refractivity contribution in [2.45, 2.75) is 25.4 Å². The van der Waals surface area contributed by atoms with Crippen LogP contribution in [0.15, 0.2) is 18.3 Å². The molecule has 1 fully saturated rings. The van der Waals surface area contributed by atoms with Gasteiger partial charge in [-0.2, -0.15) is 0 Å². The van der Waals surface area contributed by atoms with Crippen LogP contribution in [0.1, 0.15) is 31.1 Å². The number of halogens is 1. The first-order valence-corrected chi connectivity index (χ1v) is 7.71. The van der Waals surface area contributed by atoms with Crippen molar-refractivity contribution >= 4 is 0 Å². The van der Waals surface area contributed by atoms with Crippen molar-refractivity contribution in [2.75, 3.05) is 40.3 Å². The molecule has 5 heteroatoms. The van der Waals surface area contributed by atoms with Crippen molar-refractivity contribution in [3.63, 3.8) is 0 Å². The molecule has 4 nitrogen and oxygen atoms in total. The van der Waals surface area contributed by atoms with Gasteiger partial charge in [0.25, 0.3) is 0 Å². The molecule has 0 aliphatic carbocycles. The summed E-state index contributed by atoms with van der Waals surface area (Å²) in [6.07, 6.45) is 3.67. The van der Waals surface area contributed by atoms with Crippen molar-refractivity contribution in [1.29, 1.82) is 0 Å². The lowest BCUT2D eigenvalue weighted by Crippen LogP contribution is -2.36. The Morgan fingerprint density at radius 1 is 1.43 bits per heavy atom. The molecule has 1 aromatic rings. The molecular weight excluding hydrogens is 269 g/mol. The lowest BCUT2D eigenvalue weighted by molar-refractivity contribution is 0.130. The first-order chi connectivity index (χ1) is 10.0. The van der Waals surface area contributed by atoms with E-state index in [-0.39, 0.29) is 5.82 Å². The maximum absolute atomic E-state index is 12.8. The summed E-state index contributed by atoms with van der Waals surface area (Å²) in [4.78, 5) is 8.59. The normalized spacial score (nSPS) is 19.1. The van der Waals surface area contributed by atoms with E-state index < -0.39 is 6.10 Å². The Morgan fingerprint density at radius 3 is 2.76 bits per heavy atom. The van der Waals surface area contributed by atoms with Gasteiger partial charge >= 0.3 is 0 Å². The third kappa shape index (κ3) is 5.34. The summed E-state index contributed by atoms with van der Waals surface area (Å²) < 4.78 is 12.8. The van der Waals surface area contributed by atoms with Gasteiger partial charge in [-0.3, -0.25) is 4.98 Å². The number of nitrogens with zero attached hydrogens (tertiary/aromatic N) is 3. The second-order valence-corrected chi connectivity index (χ2v) is 6.21. The van der Waals surface area contributed by atoms with E-state index >= 15 is 0 Å². The molecular formula is C16H26FN3O. The van der Waals surface area contributed by atoms with E-state index in [1.165, 1.54) is 32.0 Å². The van der Waals surface area contributed by atoms with Crippen LogP contribution in [-0.2, 0) is 0 Å². The highest BCUT2D eigenvalue weighted by Gasteiger charge is 2.18. The van der Waals surface area contributed by atoms with Gasteiger partial charge in [-0.15, -0.1) is 0 Å². The summed E-state index contributed by atoms with van der Waals surface area (Å²) in [7, 11) is 4.27. The molecule has 0 aromatic carbocycles. The van der Waals surface area contributed by atoms with Gasteiger partial charge in [-0.25, -0.2) is 4.39 Å². The summed E-state index contributed by atoms with van der Waals surface area (Å²) in [5.74, 6) is 0.387. The number of piperidine rings is 1. The zero-order chi connectivity index (χ0) is 15.2. The van der Waals surface area contributed by atoms with Crippen molar-refractivity contribution < 1.29 is 9.50 Å². The Balaban J connectivity index is 1.70. The Bertz CT molecular complexity index is 418. The molecule has 118 valence electrons. The number of likely N-dealkylation sites (tertiary alicyclic amines) is 1.